The first kappa shape index (κ1) is 26.1. The number of nitrogens with two attached hydrogens (primary N) is 4. The Bertz CT molecular complexity index is 1630. The molecule has 0 fully saturated rings. The largest absolute Gasteiger partial charge is 0.321 e. The molecule has 13 heteroatoms. The summed E-state index contributed by atoms with van der Waals surface area (Å²) in [5, 5.41) is 0. The zero-order chi connectivity index (χ0) is 26.2. The Morgan fingerprint density at radius 3 is 1.82 bits per heavy atom. The molecule has 12 nitrogen and oxygen atoms in total. The molecule has 1 aromatic carbocycles. The van der Waals surface area contributed by atoms with Crippen molar-refractivity contribution in [1.29, 1.82) is 0 Å². The van der Waals surface area contributed by atoms with E-state index in [1.807, 2.05) is 66.8 Å². The predicted molar refractivity (Wildman–Crippen MR) is 149 cm³/mol. The van der Waals surface area contributed by atoms with Gasteiger partial charge in [-0.15, -0.1) is 0 Å². The number of rotatable bonds is 5. The van der Waals surface area contributed by atoms with Gasteiger partial charge in [-0.25, -0.2) is 20.0 Å². The normalized spacial score (nSPS) is 19.1. The van der Waals surface area contributed by atoms with Crippen LogP contribution in [0, 0.1) is 0 Å². The molecule has 0 unspecified atom stereocenters. The number of allylic oxidation sites excluding steroid dienone is 8. The third-order valence-corrected chi connectivity index (χ3v) is 6.29. The average Bonchev–Trinajstić information content (AvgIpc) is 3.71. The van der Waals surface area contributed by atoms with Crippen molar-refractivity contribution >= 4 is 28.4 Å². The van der Waals surface area contributed by atoms with Crippen LogP contribution in [-0.2, 0) is 19.5 Å². The fourth-order valence-electron chi connectivity index (χ4n) is 4.64. The van der Waals surface area contributed by atoms with Crippen LogP contribution in [0.15, 0.2) is 138 Å². The van der Waals surface area contributed by atoms with Crippen molar-refractivity contribution in [3.8, 4) is 0 Å². The van der Waals surface area contributed by atoms with E-state index in [0.717, 1.165) is 28.3 Å². The van der Waals surface area contributed by atoms with E-state index >= 15 is 0 Å². The maximum Gasteiger partial charge on any atom is 0.117 e. The van der Waals surface area contributed by atoms with Gasteiger partial charge in [0.1, 0.15) is 28.5 Å². The molecule has 5 aliphatic heterocycles. The van der Waals surface area contributed by atoms with Crippen molar-refractivity contribution in [2.24, 2.45) is 43.3 Å². The molecule has 1 aromatic rings. The Labute approximate surface area is 236 Å². The van der Waals surface area contributed by atoms with Gasteiger partial charge in [0.25, 0.3) is 0 Å². The molecule has 6 rings (SSSR count). The van der Waals surface area contributed by atoms with Crippen LogP contribution in [-0.4, -0.2) is 22.8 Å². The van der Waals surface area contributed by atoms with Gasteiger partial charge in [0.2, 0.25) is 0 Å². The number of fused-ring (bicyclic) bond motifs is 4. The van der Waals surface area contributed by atoms with Crippen LogP contribution in [0.25, 0.3) is 5.57 Å². The second kappa shape index (κ2) is 10.7. The standard InChI is InChI=1S/C26H24N12.Zn/c27-35-21-19-12-17-9-7-15(32-17)10-14-6-8-16(31-14)11-18-20(13-4-2-1-3-5-13)22(36-28)23(33-18)26(38-30)24(34-19)25(21)37-29;/h1-12,35-38H,27-30H2;. The Balaban J connectivity index is 0.00000308. The monoisotopic (exact) mass is 568 g/mol. The number of hydrazine groups is 4. The molecular weight excluding hydrogens is 546 g/mol. The molecular formula is C26H24N12Zn. The molecule has 8 bridgehead atoms. The summed E-state index contributed by atoms with van der Waals surface area (Å²) in [5.74, 6) is 24.0. The van der Waals surface area contributed by atoms with Gasteiger partial charge in [-0.05, 0) is 48.1 Å². The van der Waals surface area contributed by atoms with E-state index in [1.54, 1.807) is 6.08 Å². The summed E-state index contributed by atoms with van der Waals surface area (Å²) in [6, 6.07) is 9.78. The summed E-state index contributed by atoms with van der Waals surface area (Å²) in [7, 11) is 0. The fourth-order valence-corrected chi connectivity index (χ4v) is 4.64. The second-order valence-electron chi connectivity index (χ2n) is 8.53. The zero-order valence-electron chi connectivity index (χ0n) is 20.7. The fraction of sp³-hybridized carbons (Fsp3) is 0. The average molecular weight is 570 g/mol. The molecule has 0 radical (unpaired) electrons. The van der Waals surface area contributed by atoms with Crippen LogP contribution in [0.1, 0.15) is 5.56 Å². The van der Waals surface area contributed by atoms with Gasteiger partial charge in [-0.3, -0.25) is 23.4 Å². The summed E-state index contributed by atoms with van der Waals surface area (Å²) in [5.41, 5.74) is 19.2. The molecule has 0 aromatic heterocycles. The number of aliphatic imine (C=N–C) groups is 4. The first-order chi connectivity index (χ1) is 18.6. The minimum Gasteiger partial charge on any atom is -0.321 e. The molecule has 12 N–H and O–H groups in total. The molecule has 39 heavy (non-hydrogen) atoms. The van der Waals surface area contributed by atoms with E-state index < -0.39 is 0 Å². The summed E-state index contributed by atoms with van der Waals surface area (Å²) in [6.07, 6.45) is 13.2. The quantitative estimate of drug-likeness (QED) is 0.140. The van der Waals surface area contributed by atoms with E-state index in [0.29, 0.717) is 51.3 Å². The molecule has 0 atom stereocenters. The van der Waals surface area contributed by atoms with Gasteiger partial charge in [-0.2, -0.15) is 0 Å². The van der Waals surface area contributed by atoms with Crippen LogP contribution in [0.3, 0.4) is 0 Å². The van der Waals surface area contributed by atoms with E-state index in [-0.39, 0.29) is 19.5 Å². The van der Waals surface area contributed by atoms with Crippen molar-refractivity contribution < 1.29 is 19.5 Å². The topological polar surface area (TPSA) is 202 Å². The smallest absolute Gasteiger partial charge is 0.117 e. The number of hydrogen-bond donors (Lipinski definition) is 8. The number of hydrogen-bond acceptors (Lipinski definition) is 12. The number of nitrogens with one attached hydrogen (secondary N) is 4. The van der Waals surface area contributed by atoms with Crippen molar-refractivity contribution in [2.75, 3.05) is 0 Å². The SMILES string of the molecule is NNC1=C2N=C(C=C3C=CC(=N3)C=C3C=CC(=N3)C=C3N=C1C(NN)=C3c1ccccc1)C(NN)=C2NN.[Zn]. The molecule has 5 heterocycles. The number of nitrogens with zero attached hydrogens (tertiary/aromatic N) is 4. The Morgan fingerprint density at radius 1 is 0.564 bits per heavy atom. The molecule has 0 spiro atoms. The van der Waals surface area contributed by atoms with Crippen LogP contribution >= 0.6 is 0 Å². The third kappa shape index (κ3) is 4.54. The van der Waals surface area contributed by atoms with Crippen molar-refractivity contribution in [3.05, 3.63) is 124 Å². The van der Waals surface area contributed by atoms with E-state index in [9.17, 15) is 0 Å². The molecule has 0 aliphatic carbocycles. The minimum atomic E-state index is 0. The molecule has 0 amide bonds. The van der Waals surface area contributed by atoms with E-state index in [4.69, 9.17) is 38.3 Å². The van der Waals surface area contributed by atoms with Crippen LogP contribution in [0.4, 0.5) is 0 Å². The van der Waals surface area contributed by atoms with Gasteiger partial charge in [0.15, 0.2) is 0 Å². The summed E-state index contributed by atoms with van der Waals surface area (Å²) < 4.78 is 0. The molecule has 0 saturated heterocycles. The minimum absolute atomic E-state index is 0. The van der Waals surface area contributed by atoms with Gasteiger partial charge in [0.05, 0.1) is 39.9 Å². The van der Waals surface area contributed by atoms with Crippen LogP contribution < -0.4 is 45.1 Å². The Hall–Kier alpha value is -4.52. The van der Waals surface area contributed by atoms with Crippen molar-refractivity contribution in [3.63, 3.8) is 0 Å². The Morgan fingerprint density at radius 2 is 1.18 bits per heavy atom. The Kier molecular flexibility index (Phi) is 7.16. The molecule has 190 valence electrons. The van der Waals surface area contributed by atoms with Gasteiger partial charge < -0.3 is 21.7 Å². The van der Waals surface area contributed by atoms with Crippen LogP contribution in [0.2, 0.25) is 0 Å². The first-order valence-corrected chi connectivity index (χ1v) is 11.7. The van der Waals surface area contributed by atoms with Gasteiger partial charge in [-0.1, -0.05) is 30.3 Å². The van der Waals surface area contributed by atoms with Crippen molar-refractivity contribution in [1.82, 2.24) is 21.7 Å². The number of benzene rings is 1. The van der Waals surface area contributed by atoms with E-state index in [2.05, 4.69) is 26.7 Å². The van der Waals surface area contributed by atoms with Crippen LogP contribution in [0.5, 0.6) is 0 Å². The summed E-state index contributed by atoms with van der Waals surface area (Å²) in [4.78, 5) is 19.1. The third-order valence-electron chi connectivity index (χ3n) is 6.29. The summed E-state index contributed by atoms with van der Waals surface area (Å²) >= 11 is 0. The van der Waals surface area contributed by atoms with E-state index in [1.165, 1.54) is 0 Å². The predicted octanol–water partition coefficient (Wildman–Crippen LogP) is 0.268. The second-order valence-corrected chi connectivity index (χ2v) is 8.53. The van der Waals surface area contributed by atoms with Gasteiger partial charge in [0, 0.05) is 25.1 Å². The molecule has 5 aliphatic rings. The first-order valence-electron chi connectivity index (χ1n) is 11.7. The van der Waals surface area contributed by atoms with Gasteiger partial charge >= 0.3 is 0 Å². The zero-order valence-corrected chi connectivity index (χ0v) is 23.7. The summed E-state index contributed by atoms with van der Waals surface area (Å²) in [6.45, 7) is 0. The van der Waals surface area contributed by atoms with Crippen molar-refractivity contribution in [2.45, 2.75) is 0 Å². The maximum atomic E-state index is 6.09. The maximum absolute atomic E-state index is 6.09. The molecule has 0 saturated carbocycles.